The number of alkyl halides is 3. The molecule has 0 aliphatic carbocycles. The lowest BCUT2D eigenvalue weighted by Crippen LogP contribution is -2.22. The van der Waals surface area contributed by atoms with Crippen LogP contribution in [0.25, 0.3) is 10.8 Å². The molecule has 0 saturated heterocycles. The highest BCUT2D eigenvalue weighted by atomic mass is 19.4. The molecular weight excluding hydrogens is 380 g/mol. The lowest BCUT2D eigenvalue weighted by Gasteiger charge is -2.15. The summed E-state index contributed by atoms with van der Waals surface area (Å²) in [5.74, 6) is -2.20. The number of rotatable bonds is 5. The van der Waals surface area contributed by atoms with E-state index in [1.54, 1.807) is 30.3 Å². The summed E-state index contributed by atoms with van der Waals surface area (Å²) in [6.45, 7) is 1.37. The van der Waals surface area contributed by atoms with Crippen LogP contribution in [0.15, 0.2) is 54.6 Å². The van der Waals surface area contributed by atoms with Gasteiger partial charge < -0.3 is 14.6 Å². The summed E-state index contributed by atoms with van der Waals surface area (Å²) in [6.07, 6.45) is -5.76. The van der Waals surface area contributed by atoms with E-state index in [2.05, 4.69) is 0 Å². The van der Waals surface area contributed by atoms with Gasteiger partial charge in [0.2, 0.25) is 0 Å². The van der Waals surface area contributed by atoms with Crippen LogP contribution < -0.4 is 9.47 Å². The number of benzene rings is 3. The minimum absolute atomic E-state index is 0.185. The quantitative estimate of drug-likeness (QED) is 0.569. The highest BCUT2D eigenvalue weighted by Gasteiger charge is 2.31. The van der Waals surface area contributed by atoms with Gasteiger partial charge >= 0.3 is 12.1 Å². The predicted molar refractivity (Wildman–Crippen MR) is 93.1 cm³/mol. The third-order valence-corrected chi connectivity index (χ3v) is 3.97. The second kappa shape index (κ2) is 7.38. The summed E-state index contributed by atoms with van der Waals surface area (Å²) >= 11 is 0. The summed E-state index contributed by atoms with van der Waals surface area (Å²) < 4.78 is 63.0. The van der Waals surface area contributed by atoms with Crippen molar-refractivity contribution >= 4 is 16.7 Å². The fourth-order valence-electron chi connectivity index (χ4n) is 2.56. The number of fused-ring (bicyclic) bond motifs is 1. The molecule has 3 rings (SSSR count). The number of carboxylic acids is 1. The van der Waals surface area contributed by atoms with E-state index in [9.17, 15) is 22.4 Å². The first kappa shape index (κ1) is 19.5. The SMILES string of the molecule is CC(Oc1cccc2c(Oc3ccc(C(F)(F)F)cc3F)cccc12)C(=O)O. The molecule has 4 nitrogen and oxygen atoms in total. The van der Waals surface area contributed by atoms with Crippen LogP contribution in [0.2, 0.25) is 0 Å². The normalized spacial score (nSPS) is 12.6. The van der Waals surface area contributed by atoms with E-state index >= 15 is 0 Å². The molecule has 0 aliphatic rings. The summed E-state index contributed by atoms with van der Waals surface area (Å²) in [5, 5.41) is 10.0. The molecule has 1 unspecified atom stereocenters. The summed E-state index contributed by atoms with van der Waals surface area (Å²) in [5.41, 5.74) is -1.12. The van der Waals surface area contributed by atoms with Gasteiger partial charge in [0.25, 0.3) is 0 Å². The third-order valence-electron chi connectivity index (χ3n) is 3.97. The Morgan fingerprint density at radius 1 is 0.964 bits per heavy atom. The van der Waals surface area contributed by atoms with Crippen LogP contribution >= 0.6 is 0 Å². The van der Waals surface area contributed by atoms with Crippen LogP contribution in [0.1, 0.15) is 12.5 Å². The molecule has 0 amide bonds. The van der Waals surface area contributed by atoms with Gasteiger partial charge in [0.05, 0.1) is 5.56 Å². The Hall–Kier alpha value is -3.29. The van der Waals surface area contributed by atoms with Crippen molar-refractivity contribution in [1.29, 1.82) is 0 Å². The number of carbonyl (C=O) groups is 1. The Morgan fingerprint density at radius 3 is 2.14 bits per heavy atom. The van der Waals surface area contributed by atoms with E-state index < -0.39 is 29.6 Å². The second-order valence-electron chi connectivity index (χ2n) is 5.95. The van der Waals surface area contributed by atoms with Crippen LogP contribution in [0, 0.1) is 5.82 Å². The van der Waals surface area contributed by atoms with Crippen molar-refractivity contribution in [3.05, 3.63) is 66.0 Å². The lowest BCUT2D eigenvalue weighted by atomic mass is 10.1. The Labute approximate surface area is 156 Å². The summed E-state index contributed by atoms with van der Waals surface area (Å²) in [6, 6.07) is 11.6. The largest absolute Gasteiger partial charge is 0.479 e. The van der Waals surface area contributed by atoms with Gasteiger partial charge in [-0.3, -0.25) is 0 Å². The second-order valence-corrected chi connectivity index (χ2v) is 5.95. The Morgan fingerprint density at radius 2 is 1.57 bits per heavy atom. The van der Waals surface area contributed by atoms with Crippen molar-refractivity contribution in [2.45, 2.75) is 19.2 Å². The van der Waals surface area contributed by atoms with E-state index in [0.717, 1.165) is 12.1 Å². The fraction of sp³-hybridized carbons (Fsp3) is 0.150. The zero-order valence-electron chi connectivity index (χ0n) is 14.5. The van der Waals surface area contributed by atoms with Gasteiger partial charge in [-0.2, -0.15) is 13.2 Å². The van der Waals surface area contributed by atoms with Crippen LogP contribution in [-0.4, -0.2) is 17.2 Å². The molecular formula is C20H14F4O4. The molecule has 1 atom stereocenters. The van der Waals surface area contributed by atoms with Gasteiger partial charge in [-0.1, -0.05) is 24.3 Å². The molecule has 1 N–H and O–H groups in total. The minimum atomic E-state index is -4.66. The number of halogens is 4. The Bertz CT molecular complexity index is 1030. The summed E-state index contributed by atoms with van der Waals surface area (Å²) in [7, 11) is 0. The maximum Gasteiger partial charge on any atom is 0.416 e. The molecule has 3 aromatic carbocycles. The molecule has 0 bridgehead atoms. The molecule has 146 valence electrons. The number of hydrogen-bond acceptors (Lipinski definition) is 3. The number of ether oxygens (including phenoxy) is 2. The first-order valence-electron chi connectivity index (χ1n) is 8.12. The van der Waals surface area contributed by atoms with Crippen LogP contribution in [0.4, 0.5) is 17.6 Å². The van der Waals surface area contributed by atoms with Crippen molar-refractivity contribution in [3.8, 4) is 17.2 Å². The molecule has 0 aromatic heterocycles. The molecule has 0 saturated carbocycles. The van der Waals surface area contributed by atoms with Crippen molar-refractivity contribution in [3.63, 3.8) is 0 Å². The minimum Gasteiger partial charge on any atom is -0.479 e. The van der Waals surface area contributed by atoms with E-state index in [1.165, 1.54) is 13.0 Å². The maximum absolute atomic E-state index is 14.1. The van der Waals surface area contributed by atoms with E-state index in [1.807, 2.05) is 0 Å². The average molecular weight is 394 g/mol. The van der Waals surface area contributed by atoms with E-state index in [-0.39, 0.29) is 17.2 Å². The zero-order chi connectivity index (χ0) is 20.5. The van der Waals surface area contributed by atoms with Crippen LogP contribution in [-0.2, 0) is 11.0 Å². The predicted octanol–water partition coefficient (Wildman–Crippen LogP) is 5.64. The third kappa shape index (κ3) is 4.00. The zero-order valence-corrected chi connectivity index (χ0v) is 14.5. The molecule has 0 spiro atoms. The molecule has 0 radical (unpaired) electrons. The highest BCUT2D eigenvalue weighted by Crippen LogP contribution is 2.37. The molecule has 28 heavy (non-hydrogen) atoms. The average Bonchev–Trinajstić information content (AvgIpc) is 2.63. The van der Waals surface area contributed by atoms with E-state index in [0.29, 0.717) is 16.8 Å². The lowest BCUT2D eigenvalue weighted by molar-refractivity contribution is -0.144. The number of hydrogen-bond donors (Lipinski definition) is 1. The molecule has 0 aliphatic heterocycles. The van der Waals surface area contributed by atoms with Crippen molar-refractivity contribution in [2.75, 3.05) is 0 Å². The smallest absolute Gasteiger partial charge is 0.416 e. The van der Waals surface area contributed by atoms with Crippen LogP contribution in [0.3, 0.4) is 0 Å². The van der Waals surface area contributed by atoms with Crippen molar-refractivity contribution in [1.82, 2.24) is 0 Å². The number of carboxylic acid groups (broad SMARTS) is 1. The number of aliphatic carboxylic acids is 1. The van der Waals surface area contributed by atoms with Gasteiger partial charge in [-0.25, -0.2) is 9.18 Å². The molecule has 0 heterocycles. The molecule has 3 aromatic rings. The highest BCUT2D eigenvalue weighted by molar-refractivity contribution is 5.93. The van der Waals surface area contributed by atoms with Gasteiger partial charge in [0.15, 0.2) is 17.7 Å². The maximum atomic E-state index is 14.1. The summed E-state index contributed by atoms with van der Waals surface area (Å²) in [4.78, 5) is 11.0. The van der Waals surface area contributed by atoms with E-state index in [4.69, 9.17) is 14.6 Å². The fourth-order valence-corrected chi connectivity index (χ4v) is 2.56. The van der Waals surface area contributed by atoms with Gasteiger partial charge in [0.1, 0.15) is 11.5 Å². The standard InChI is InChI=1S/C20H14F4O4/c1-11(19(25)26)27-16-6-2-5-14-13(16)4-3-7-17(14)28-18-9-8-12(10-15(18)21)20(22,23)24/h2-11H,1H3,(H,25,26). The van der Waals surface area contributed by atoms with Gasteiger partial charge in [-0.15, -0.1) is 0 Å². The van der Waals surface area contributed by atoms with Crippen molar-refractivity contribution in [2.24, 2.45) is 0 Å². The topological polar surface area (TPSA) is 55.8 Å². The molecule has 8 heteroatoms. The Balaban J connectivity index is 1.98. The first-order valence-corrected chi connectivity index (χ1v) is 8.12. The first-order chi connectivity index (χ1) is 13.2. The van der Waals surface area contributed by atoms with Crippen LogP contribution in [0.5, 0.6) is 17.2 Å². The molecule has 0 fully saturated rings. The van der Waals surface area contributed by atoms with Gasteiger partial charge in [-0.05, 0) is 37.3 Å². The van der Waals surface area contributed by atoms with Crippen molar-refractivity contribution < 1.29 is 36.9 Å². The Kier molecular flexibility index (Phi) is 5.13. The monoisotopic (exact) mass is 394 g/mol. The van der Waals surface area contributed by atoms with Gasteiger partial charge in [0, 0.05) is 10.8 Å².